The molecule has 0 radical (unpaired) electrons. The Morgan fingerprint density at radius 1 is 1.19 bits per heavy atom. The van der Waals surface area contributed by atoms with Gasteiger partial charge in [0.15, 0.2) is 0 Å². The van der Waals surface area contributed by atoms with E-state index < -0.39 is 0 Å². The molecule has 0 aromatic carbocycles. The van der Waals surface area contributed by atoms with Crippen LogP contribution < -0.4 is 0 Å². The normalized spacial score (nSPS) is 30.9. The van der Waals surface area contributed by atoms with Crippen LogP contribution in [-0.4, -0.2) is 42.0 Å². The second kappa shape index (κ2) is 5.07. The second-order valence-electron chi connectivity index (χ2n) is 5.48. The van der Waals surface area contributed by atoms with Gasteiger partial charge in [-0.25, -0.2) is 4.79 Å². The van der Waals surface area contributed by atoms with Crippen LogP contribution >= 0.6 is 0 Å². The van der Waals surface area contributed by atoms with E-state index in [0.717, 1.165) is 32.1 Å². The molecule has 0 aromatic heterocycles. The molecule has 0 spiro atoms. The molecule has 2 aliphatic heterocycles. The summed E-state index contributed by atoms with van der Waals surface area (Å²) in [4.78, 5) is 16.4. The maximum Gasteiger partial charge on any atom is 0.320 e. The summed E-state index contributed by atoms with van der Waals surface area (Å²) in [7, 11) is 0. The summed E-state index contributed by atoms with van der Waals surface area (Å²) in [5, 5.41) is 0. The molecule has 2 heterocycles. The Kier molecular flexibility index (Phi) is 3.72. The number of rotatable bonds is 1. The van der Waals surface area contributed by atoms with Gasteiger partial charge in [0.1, 0.15) is 0 Å². The van der Waals surface area contributed by atoms with Gasteiger partial charge in [-0.3, -0.25) is 0 Å². The van der Waals surface area contributed by atoms with Crippen molar-refractivity contribution in [3.05, 3.63) is 0 Å². The van der Waals surface area contributed by atoms with Gasteiger partial charge < -0.3 is 9.80 Å². The summed E-state index contributed by atoms with van der Waals surface area (Å²) >= 11 is 0. The largest absolute Gasteiger partial charge is 0.324 e. The highest BCUT2D eigenvalue weighted by Gasteiger charge is 2.30. The average molecular weight is 224 g/mol. The van der Waals surface area contributed by atoms with Crippen LogP contribution in [-0.2, 0) is 0 Å². The molecular formula is C13H24N2O. The molecule has 0 bridgehead atoms. The summed E-state index contributed by atoms with van der Waals surface area (Å²) in [5.74, 6) is 1.42. The van der Waals surface area contributed by atoms with E-state index in [1.165, 1.54) is 25.7 Å². The van der Waals surface area contributed by atoms with Gasteiger partial charge in [-0.05, 0) is 31.1 Å². The van der Waals surface area contributed by atoms with Crippen molar-refractivity contribution >= 4 is 6.03 Å². The predicted octanol–water partition coefficient (Wildman–Crippen LogP) is 2.57. The van der Waals surface area contributed by atoms with Crippen LogP contribution in [0.2, 0.25) is 0 Å². The number of urea groups is 1. The maximum atomic E-state index is 12.3. The first kappa shape index (κ1) is 11.7. The predicted molar refractivity (Wildman–Crippen MR) is 65.3 cm³/mol. The number of likely N-dealkylation sites (tertiary alicyclic amines) is 2. The zero-order valence-corrected chi connectivity index (χ0v) is 10.6. The molecule has 2 saturated heterocycles. The standard InChI is InChI=1S/C13H24N2O/c1-3-12-6-8-15(10-12)13(16)14-7-4-5-11(2)9-14/h11-12H,3-10H2,1-2H3. The van der Waals surface area contributed by atoms with Crippen LogP contribution in [0.4, 0.5) is 4.79 Å². The fraction of sp³-hybridized carbons (Fsp3) is 0.923. The second-order valence-corrected chi connectivity index (χ2v) is 5.48. The number of nitrogens with zero attached hydrogens (tertiary/aromatic N) is 2. The summed E-state index contributed by atoms with van der Waals surface area (Å²) in [6, 6.07) is 0.294. The Bertz CT molecular complexity index is 254. The fourth-order valence-corrected chi connectivity index (χ4v) is 2.90. The van der Waals surface area contributed by atoms with Gasteiger partial charge in [0.05, 0.1) is 0 Å². The van der Waals surface area contributed by atoms with Crippen molar-refractivity contribution in [2.45, 2.75) is 39.5 Å². The lowest BCUT2D eigenvalue weighted by molar-refractivity contribution is 0.138. The first-order valence-electron chi connectivity index (χ1n) is 6.74. The van der Waals surface area contributed by atoms with Gasteiger partial charge in [0.2, 0.25) is 0 Å². The number of carbonyl (C=O) groups excluding carboxylic acids is 1. The van der Waals surface area contributed by atoms with Crippen LogP contribution in [0, 0.1) is 11.8 Å². The van der Waals surface area contributed by atoms with Crippen molar-refractivity contribution < 1.29 is 4.79 Å². The van der Waals surface area contributed by atoms with Crippen LogP contribution in [0.1, 0.15) is 39.5 Å². The highest BCUT2D eigenvalue weighted by molar-refractivity contribution is 5.74. The van der Waals surface area contributed by atoms with Gasteiger partial charge >= 0.3 is 6.03 Å². The van der Waals surface area contributed by atoms with Crippen LogP contribution in [0.25, 0.3) is 0 Å². The summed E-state index contributed by atoms with van der Waals surface area (Å²) in [5.41, 5.74) is 0. The number of amides is 2. The molecule has 92 valence electrons. The molecular weight excluding hydrogens is 200 g/mol. The topological polar surface area (TPSA) is 23.6 Å². The van der Waals surface area contributed by atoms with Crippen molar-refractivity contribution in [2.75, 3.05) is 26.2 Å². The van der Waals surface area contributed by atoms with Crippen molar-refractivity contribution in [3.63, 3.8) is 0 Å². The van der Waals surface area contributed by atoms with Gasteiger partial charge in [-0.15, -0.1) is 0 Å². The van der Waals surface area contributed by atoms with Crippen molar-refractivity contribution in [1.82, 2.24) is 9.80 Å². The minimum Gasteiger partial charge on any atom is -0.324 e. The summed E-state index contributed by atoms with van der Waals surface area (Å²) in [6.45, 7) is 8.37. The maximum absolute atomic E-state index is 12.3. The molecule has 16 heavy (non-hydrogen) atoms. The number of carbonyl (C=O) groups is 1. The average Bonchev–Trinajstić information content (AvgIpc) is 2.76. The van der Waals surface area contributed by atoms with Crippen molar-refractivity contribution in [3.8, 4) is 0 Å². The molecule has 0 saturated carbocycles. The lowest BCUT2D eigenvalue weighted by atomic mass is 10.0. The molecule has 2 rings (SSSR count). The number of piperidine rings is 1. The molecule has 3 nitrogen and oxygen atoms in total. The Labute approximate surface area is 98.8 Å². The summed E-state index contributed by atoms with van der Waals surface area (Å²) in [6.07, 6.45) is 4.87. The Hall–Kier alpha value is -0.730. The smallest absolute Gasteiger partial charge is 0.320 e. The monoisotopic (exact) mass is 224 g/mol. The SMILES string of the molecule is CCC1CCN(C(=O)N2CCCC(C)C2)C1. The highest BCUT2D eigenvalue weighted by atomic mass is 16.2. The first-order chi connectivity index (χ1) is 7.70. The van der Waals surface area contributed by atoms with Crippen LogP contribution in [0.5, 0.6) is 0 Å². The van der Waals surface area contributed by atoms with E-state index in [1.807, 2.05) is 0 Å². The van der Waals surface area contributed by atoms with Crippen molar-refractivity contribution in [1.29, 1.82) is 0 Å². The van der Waals surface area contributed by atoms with E-state index in [1.54, 1.807) is 0 Å². The third-order valence-electron chi connectivity index (χ3n) is 4.06. The molecule has 2 unspecified atom stereocenters. The molecule has 2 amide bonds. The van der Waals surface area contributed by atoms with E-state index in [0.29, 0.717) is 11.9 Å². The summed E-state index contributed by atoms with van der Waals surface area (Å²) < 4.78 is 0. The molecule has 2 aliphatic rings. The van der Waals surface area contributed by atoms with Crippen molar-refractivity contribution in [2.24, 2.45) is 11.8 Å². The molecule has 0 aliphatic carbocycles. The highest BCUT2D eigenvalue weighted by Crippen LogP contribution is 2.22. The zero-order valence-electron chi connectivity index (χ0n) is 10.6. The van der Waals surface area contributed by atoms with E-state index in [4.69, 9.17) is 0 Å². The zero-order chi connectivity index (χ0) is 11.5. The van der Waals surface area contributed by atoms with Gasteiger partial charge in [-0.2, -0.15) is 0 Å². The molecule has 2 atom stereocenters. The van der Waals surface area contributed by atoms with Crippen LogP contribution in [0.3, 0.4) is 0 Å². The lowest BCUT2D eigenvalue weighted by Crippen LogP contribution is -2.46. The Balaban J connectivity index is 1.87. The minimum atomic E-state index is 0.294. The van der Waals surface area contributed by atoms with Gasteiger partial charge in [0, 0.05) is 26.2 Å². The van der Waals surface area contributed by atoms with E-state index >= 15 is 0 Å². The van der Waals surface area contributed by atoms with Gasteiger partial charge in [0.25, 0.3) is 0 Å². The fourth-order valence-electron chi connectivity index (χ4n) is 2.90. The molecule has 2 fully saturated rings. The van der Waals surface area contributed by atoms with E-state index in [9.17, 15) is 4.79 Å². The molecule has 3 heteroatoms. The minimum absolute atomic E-state index is 0.294. The molecule has 0 aromatic rings. The van der Waals surface area contributed by atoms with Crippen LogP contribution in [0.15, 0.2) is 0 Å². The first-order valence-corrected chi connectivity index (χ1v) is 6.74. The third-order valence-corrected chi connectivity index (χ3v) is 4.06. The Morgan fingerprint density at radius 3 is 2.56 bits per heavy atom. The molecule has 0 N–H and O–H groups in total. The number of hydrogen-bond acceptors (Lipinski definition) is 1. The van der Waals surface area contributed by atoms with Gasteiger partial charge in [-0.1, -0.05) is 20.3 Å². The van der Waals surface area contributed by atoms with E-state index in [-0.39, 0.29) is 0 Å². The third kappa shape index (κ3) is 2.50. The quantitative estimate of drug-likeness (QED) is 0.671. The lowest BCUT2D eigenvalue weighted by Gasteiger charge is -2.34. The Morgan fingerprint density at radius 2 is 1.94 bits per heavy atom. The number of hydrogen-bond donors (Lipinski definition) is 0. The van der Waals surface area contributed by atoms with E-state index in [2.05, 4.69) is 23.6 Å².